The number of nitrogens with one attached hydrogen (secondary N) is 4. The molecule has 5 aromatic rings. The van der Waals surface area contributed by atoms with Gasteiger partial charge in [0, 0.05) is 41.8 Å². The van der Waals surface area contributed by atoms with Gasteiger partial charge in [0.25, 0.3) is 11.8 Å². The third kappa shape index (κ3) is 8.89. The lowest BCUT2D eigenvalue weighted by atomic mass is 10.0. The van der Waals surface area contributed by atoms with Gasteiger partial charge in [-0.05, 0) is 67.5 Å². The number of nitrogens with zero attached hydrogens (tertiary/aromatic N) is 3. The average molecular weight is 816 g/mol. The molecule has 2 aliphatic heterocycles. The van der Waals surface area contributed by atoms with Crippen LogP contribution >= 0.6 is 0 Å². The first-order valence-electron chi connectivity index (χ1n) is 20.4. The van der Waals surface area contributed by atoms with Crippen LogP contribution in [0.1, 0.15) is 75.1 Å². The molecule has 0 saturated carbocycles. The molecule has 0 spiro atoms. The van der Waals surface area contributed by atoms with Crippen LogP contribution in [0.5, 0.6) is 0 Å². The molecule has 15 heteroatoms. The van der Waals surface area contributed by atoms with E-state index >= 15 is 0 Å². The maximum atomic E-state index is 13.9. The van der Waals surface area contributed by atoms with E-state index in [1.54, 1.807) is 60.7 Å². The number of amides is 6. The van der Waals surface area contributed by atoms with E-state index in [0.717, 1.165) is 41.1 Å². The number of likely N-dealkylation sites (tertiary alicyclic amines) is 2. The SMILES string of the molecule is CCCCCn1c2cc(NC(=O)[C@@H]3CCCN3C(=O)C(NC(=O)O)c3ccccc3)ccc2c2ccc(NC(=O)[C@@H]3CCCN3C(=O)C(NC(=O)O)c3ccccc3)cc21. The van der Waals surface area contributed by atoms with Gasteiger partial charge in [-0.2, -0.15) is 0 Å². The largest absolute Gasteiger partial charge is 0.465 e. The minimum Gasteiger partial charge on any atom is -0.465 e. The minimum absolute atomic E-state index is 0.316. The number of rotatable bonds is 14. The first kappa shape index (κ1) is 41.3. The zero-order valence-corrected chi connectivity index (χ0v) is 33.3. The Labute approximate surface area is 346 Å². The van der Waals surface area contributed by atoms with Gasteiger partial charge in [-0.15, -0.1) is 0 Å². The molecule has 60 heavy (non-hydrogen) atoms. The van der Waals surface area contributed by atoms with E-state index in [4.69, 9.17) is 0 Å². The van der Waals surface area contributed by atoms with Crippen LogP contribution in [0, 0.1) is 0 Å². The fraction of sp³-hybridized carbons (Fsp3) is 0.333. The monoisotopic (exact) mass is 815 g/mol. The van der Waals surface area contributed by atoms with Gasteiger partial charge >= 0.3 is 12.2 Å². The third-order valence-corrected chi connectivity index (χ3v) is 11.4. The molecular weight excluding hydrogens is 767 g/mol. The number of fused-ring (bicyclic) bond motifs is 3. The van der Waals surface area contributed by atoms with Crippen LogP contribution < -0.4 is 21.3 Å². The van der Waals surface area contributed by atoms with E-state index < -0.39 is 48.2 Å². The second-order valence-corrected chi connectivity index (χ2v) is 15.3. The third-order valence-electron chi connectivity index (χ3n) is 11.4. The molecule has 3 heterocycles. The molecule has 2 saturated heterocycles. The number of aryl methyl sites for hydroxylation is 1. The molecule has 4 aromatic carbocycles. The zero-order chi connectivity index (χ0) is 42.3. The summed E-state index contributed by atoms with van der Waals surface area (Å²) < 4.78 is 2.17. The van der Waals surface area contributed by atoms with Gasteiger partial charge < -0.3 is 45.8 Å². The van der Waals surface area contributed by atoms with Crippen LogP contribution in [0.4, 0.5) is 21.0 Å². The number of anilines is 2. The van der Waals surface area contributed by atoms with E-state index in [-0.39, 0.29) is 11.8 Å². The Morgan fingerprint density at radius 3 is 1.45 bits per heavy atom. The van der Waals surface area contributed by atoms with Crippen molar-refractivity contribution in [2.45, 2.75) is 82.6 Å². The second kappa shape index (κ2) is 18.4. The fourth-order valence-corrected chi connectivity index (χ4v) is 8.51. The lowest BCUT2D eigenvalue weighted by molar-refractivity contribution is -0.138. The number of carbonyl (C=O) groups excluding carboxylic acids is 4. The summed E-state index contributed by atoms with van der Waals surface area (Å²) >= 11 is 0. The van der Waals surface area contributed by atoms with Gasteiger partial charge in [0.1, 0.15) is 24.2 Å². The smallest absolute Gasteiger partial charge is 0.405 e. The normalized spacial score (nSPS) is 17.3. The summed E-state index contributed by atoms with van der Waals surface area (Å²) in [5, 5.41) is 31.6. The van der Waals surface area contributed by atoms with Crippen molar-refractivity contribution in [2.24, 2.45) is 0 Å². The molecule has 1 aromatic heterocycles. The number of benzene rings is 4. The van der Waals surface area contributed by atoms with Crippen molar-refractivity contribution in [3.63, 3.8) is 0 Å². The summed E-state index contributed by atoms with van der Waals surface area (Å²) in [5.41, 5.74) is 3.81. The molecule has 6 amide bonds. The van der Waals surface area contributed by atoms with Crippen LogP contribution in [0.15, 0.2) is 97.1 Å². The first-order chi connectivity index (χ1) is 29.0. The molecule has 6 N–H and O–H groups in total. The summed E-state index contributed by atoms with van der Waals surface area (Å²) in [6.07, 6.45) is 2.25. The van der Waals surface area contributed by atoms with Gasteiger partial charge in [-0.3, -0.25) is 19.2 Å². The molecule has 15 nitrogen and oxygen atoms in total. The van der Waals surface area contributed by atoms with Crippen molar-refractivity contribution in [3.8, 4) is 0 Å². The average Bonchev–Trinajstić information content (AvgIpc) is 4.01. The summed E-state index contributed by atoms with van der Waals surface area (Å²) in [6, 6.07) is 24.6. The standard InChI is InChI=1S/C45H49N7O8/c1-2-3-10-23-50-36-26-30(46-40(53)34-17-11-24-51(34)42(55)38(48-44(57)58)28-13-6-4-7-14-28)19-21-32(36)33-22-20-31(27-37(33)50)47-41(54)35-18-12-25-52(35)43(56)39(49-45(59)60)29-15-8-5-9-16-29/h4-9,13-16,19-22,26-27,34-35,38-39,48-49H,2-3,10-12,17-18,23-25H2,1H3,(H,46,53)(H,47,54)(H,57,58)(H,59,60)/t34-,35-,38?,39?/m0/s1. The minimum atomic E-state index is -1.34. The number of aromatic nitrogens is 1. The molecule has 4 atom stereocenters. The van der Waals surface area contributed by atoms with E-state index in [1.807, 2.05) is 36.4 Å². The quantitative estimate of drug-likeness (QED) is 0.0653. The molecule has 0 bridgehead atoms. The topological polar surface area (TPSA) is 202 Å². The van der Waals surface area contributed by atoms with Crippen LogP contribution in [0.25, 0.3) is 21.8 Å². The molecule has 0 radical (unpaired) electrons. The maximum Gasteiger partial charge on any atom is 0.405 e. The Kier molecular flexibility index (Phi) is 12.6. The van der Waals surface area contributed by atoms with Gasteiger partial charge in [-0.1, -0.05) is 92.6 Å². The predicted molar refractivity (Wildman–Crippen MR) is 226 cm³/mol. The van der Waals surface area contributed by atoms with Crippen LogP contribution in [0.3, 0.4) is 0 Å². The van der Waals surface area contributed by atoms with Crippen molar-refractivity contribution >= 4 is 69.0 Å². The number of hydrogen-bond acceptors (Lipinski definition) is 6. The zero-order valence-electron chi connectivity index (χ0n) is 33.3. The highest BCUT2D eigenvalue weighted by molar-refractivity contribution is 6.11. The van der Waals surface area contributed by atoms with Crippen molar-refractivity contribution in [1.82, 2.24) is 25.0 Å². The summed E-state index contributed by atoms with van der Waals surface area (Å²) in [5.74, 6) is -1.72. The molecular formula is C45H49N7O8. The van der Waals surface area contributed by atoms with Gasteiger partial charge in [-0.25, -0.2) is 9.59 Å². The summed E-state index contributed by atoms with van der Waals surface area (Å²) in [7, 11) is 0. The van der Waals surface area contributed by atoms with E-state index in [0.29, 0.717) is 67.8 Å². The van der Waals surface area contributed by atoms with Gasteiger partial charge in [0.15, 0.2) is 0 Å². The van der Waals surface area contributed by atoms with Gasteiger partial charge in [0.05, 0.1) is 11.0 Å². The highest BCUT2D eigenvalue weighted by atomic mass is 16.4. The summed E-state index contributed by atoms with van der Waals surface area (Å²) in [6.45, 7) is 3.43. The maximum absolute atomic E-state index is 13.9. The Morgan fingerprint density at radius 1 is 0.617 bits per heavy atom. The van der Waals surface area contributed by atoms with Crippen molar-refractivity contribution in [2.75, 3.05) is 23.7 Å². The lowest BCUT2D eigenvalue weighted by Gasteiger charge is -2.28. The molecule has 2 aliphatic rings. The fourth-order valence-electron chi connectivity index (χ4n) is 8.51. The van der Waals surface area contributed by atoms with Crippen molar-refractivity contribution < 1.29 is 39.0 Å². The molecule has 312 valence electrons. The predicted octanol–water partition coefficient (Wildman–Crippen LogP) is 6.86. The number of carbonyl (C=O) groups is 6. The molecule has 2 unspecified atom stereocenters. The molecule has 2 fully saturated rings. The number of unbranched alkanes of at least 4 members (excludes halogenated alkanes) is 2. The van der Waals surface area contributed by atoms with Crippen molar-refractivity contribution in [3.05, 3.63) is 108 Å². The Morgan fingerprint density at radius 2 is 1.05 bits per heavy atom. The first-order valence-corrected chi connectivity index (χ1v) is 20.4. The Balaban J connectivity index is 1.12. The van der Waals surface area contributed by atoms with E-state index in [2.05, 4.69) is 32.8 Å². The van der Waals surface area contributed by atoms with Crippen LogP contribution in [-0.4, -0.2) is 85.6 Å². The van der Waals surface area contributed by atoms with E-state index in [1.165, 1.54) is 9.80 Å². The highest BCUT2D eigenvalue weighted by Crippen LogP contribution is 2.34. The number of carboxylic acid groups (broad SMARTS) is 2. The second-order valence-electron chi connectivity index (χ2n) is 15.3. The van der Waals surface area contributed by atoms with Gasteiger partial charge in [0.2, 0.25) is 11.8 Å². The van der Waals surface area contributed by atoms with Crippen LogP contribution in [0.2, 0.25) is 0 Å². The molecule has 0 aliphatic carbocycles. The molecule has 7 rings (SSSR count). The van der Waals surface area contributed by atoms with Crippen molar-refractivity contribution in [1.29, 1.82) is 0 Å². The number of hydrogen-bond donors (Lipinski definition) is 6. The van der Waals surface area contributed by atoms with E-state index in [9.17, 15) is 39.0 Å². The van der Waals surface area contributed by atoms with Crippen LogP contribution in [-0.2, 0) is 25.7 Å². The highest BCUT2D eigenvalue weighted by Gasteiger charge is 2.40. The Hall–Kier alpha value is -6.90. The Bertz CT molecular complexity index is 2240. The lowest BCUT2D eigenvalue weighted by Crippen LogP contribution is -2.48. The summed E-state index contributed by atoms with van der Waals surface area (Å²) in [4.78, 5) is 81.5.